The van der Waals surface area contributed by atoms with Crippen molar-refractivity contribution >= 4 is 27.8 Å². The lowest BCUT2D eigenvalue weighted by Gasteiger charge is -2.10. The van der Waals surface area contributed by atoms with Crippen LogP contribution in [0.5, 0.6) is 11.6 Å². The fourth-order valence-corrected chi connectivity index (χ4v) is 2.98. The van der Waals surface area contributed by atoms with E-state index < -0.39 is 0 Å². The summed E-state index contributed by atoms with van der Waals surface area (Å²) in [5, 5.41) is 0.728. The molecule has 3 aromatic heterocycles. The highest BCUT2D eigenvalue weighted by Crippen LogP contribution is 2.29. The van der Waals surface area contributed by atoms with Gasteiger partial charge in [-0.25, -0.2) is 14.8 Å². The molecule has 3 N–H and O–H groups in total. The van der Waals surface area contributed by atoms with Gasteiger partial charge in [-0.1, -0.05) is 0 Å². The van der Waals surface area contributed by atoms with Gasteiger partial charge in [0, 0.05) is 29.4 Å². The molecule has 4 aromatic rings. The fraction of sp³-hybridized carbons (Fsp3) is 0.167. The lowest BCUT2D eigenvalue weighted by atomic mass is 10.1. The predicted molar refractivity (Wildman–Crippen MR) is 99.1 cm³/mol. The number of rotatable bonds is 4. The maximum atomic E-state index is 12.6. The van der Waals surface area contributed by atoms with E-state index in [-0.39, 0.29) is 5.69 Å². The summed E-state index contributed by atoms with van der Waals surface area (Å²) < 4.78 is 12.3. The van der Waals surface area contributed by atoms with Crippen LogP contribution in [0.25, 0.3) is 27.8 Å². The molecule has 0 saturated carbocycles. The largest absolute Gasteiger partial charge is 0.491 e. The lowest BCUT2D eigenvalue weighted by Crippen LogP contribution is -2.15. The molecule has 0 spiro atoms. The van der Waals surface area contributed by atoms with Crippen LogP contribution in [0.3, 0.4) is 0 Å². The van der Waals surface area contributed by atoms with E-state index in [1.165, 1.54) is 11.7 Å². The van der Waals surface area contributed by atoms with Crippen molar-refractivity contribution in [1.82, 2.24) is 19.5 Å². The number of hydrogen-bond acceptors (Lipinski definition) is 6. The number of aromatic nitrogens is 4. The number of methoxy groups -OCH3 is 1. The summed E-state index contributed by atoms with van der Waals surface area (Å²) >= 11 is 0. The van der Waals surface area contributed by atoms with Crippen LogP contribution >= 0.6 is 0 Å². The highest BCUT2D eigenvalue weighted by atomic mass is 16.5. The number of nitrogens with one attached hydrogen (secondary N) is 1. The highest BCUT2D eigenvalue weighted by Gasteiger charge is 2.15. The molecule has 26 heavy (non-hydrogen) atoms. The van der Waals surface area contributed by atoms with E-state index in [9.17, 15) is 4.79 Å². The number of hydrogen-bond donors (Lipinski definition) is 2. The van der Waals surface area contributed by atoms with Crippen molar-refractivity contribution in [3.05, 3.63) is 47.0 Å². The van der Waals surface area contributed by atoms with Crippen LogP contribution in [0.1, 0.15) is 6.92 Å². The molecule has 0 aliphatic heterocycles. The number of anilines is 1. The van der Waals surface area contributed by atoms with Crippen molar-refractivity contribution in [3.8, 4) is 17.3 Å². The molecule has 8 nitrogen and oxygen atoms in total. The lowest BCUT2D eigenvalue weighted by molar-refractivity contribution is 0.343. The minimum atomic E-state index is -0.306. The Kier molecular flexibility index (Phi) is 3.72. The summed E-state index contributed by atoms with van der Waals surface area (Å²) in [6.07, 6.45) is 1.60. The second kappa shape index (κ2) is 6.07. The highest BCUT2D eigenvalue weighted by molar-refractivity contribution is 5.93. The number of imidazole rings is 1. The first-order valence-electron chi connectivity index (χ1n) is 8.09. The normalized spacial score (nSPS) is 11.2. The van der Waals surface area contributed by atoms with Gasteiger partial charge in [-0.2, -0.15) is 0 Å². The van der Waals surface area contributed by atoms with Gasteiger partial charge >= 0.3 is 5.69 Å². The minimum Gasteiger partial charge on any atom is -0.491 e. The van der Waals surface area contributed by atoms with Crippen LogP contribution < -0.4 is 20.9 Å². The number of nitrogens with two attached hydrogens (primary N) is 1. The van der Waals surface area contributed by atoms with Gasteiger partial charge in [0.15, 0.2) is 5.65 Å². The zero-order chi connectivity index (χ0) is 18.3. The number of nitrogen functional groups attached to an aromatic ring is 1. The third-order valence-electron chi connectivity index (χ3n) is 4.11. The molecule has 132 valence electrons. The zero-order valence-corrected chi connectivity index (χ0v) is 14.3. The van der Waals surface area contributed by atoms with E-state index in [1.807, 2.05) is 13.0 Å². The monoisotopic (exact) mass is 351 g/mol. The summed E-state index contributed by atoms with van der Waals surface area (Å²) in [7, 11) is 1.54. The molecule has 0 aliphatic carbocycles. The van der Waals surface area contributed by atoms with E-state index in [2.05, 4.69) is 15.0 Å². The van der Waals surface area contributed by atoms with E-state index in [0.717, 1.165) is 5.39 Å². The number of aromatic amines is 1. The fourth-order valence-electron chi connectivity index (χ4n) is 2.98. The molecule has 0 radical (unpaired) electrons. The molecule has 0 aliphatic rings. The maximum absolute atomic E-state index is 12.6. The van der Waals surface area contributed by atoms with Crippen LogP contribution in [-0.2, 0) is 0 Å². The third-order valence-corrected chi connectivity index (χ3v) is 4.11. The van der Waals surface area contributed by atoms with Crippen molar-refractivity contribution in [2.45, 2.75) is 6.92 Å². The van der Waals surface area contributed by atoms with Crippen molar-refractivity contribution in [1.29, 1.82) is 0 Å². The second-order valence-corrected chi connectivity index (χ2v) is 5.66. The van der Waals surface area contributed by atoms with Crippen molar-refractivity contribution in [3.63, 3.8) is 0 Å². The SMILES string of the molecule is CCOc1ccnc2[nH]c(=O)n(-c3ccc4nc(OC)cc(N)c4c3)c12. The van der Waals surface area contributed by atoms with E-state index >= 15 is 0 Å². The summed E-state index contributed by atoms with van der Waals surface area (Å²) in [5.41, 5.74) is 8.71. The number of H-pyrrole nitrogens is 1. The molecule has 0 fully saturated rings. The Labute approximate surface area is 148 Å². The molecular formula is C18H17N5O3. The van der Waals surface area contributed by atoms with E-state index in [4.69, 9.17) is 15.2 Å². The Morgan fingerprint density at radius 2 is 2.12 bits per heavy atom. The average Bonchev–Trinajstić information content (AvgIpc) is 2.98. The Morgan fingerprint density at radius 3 is 2.88 bits per heavy atom. The Morgan fingerprint density at radius 1 is 1.27 bits per heavy atom. The molecule has 0 saturated heterocycles. The first-order chi connectivity index (χ1) is 12.6. The number of fused-ring (bicyclic) bond motifs is 2. The Bertz CT molecular complexity index is 1180. The van der Waals surface area contributed by atoms with E-state index in [0.29, 0.717) is 46.3 Å². The van der Waals surface area contributed by atoms with Crippen LogP contribution in [0, 0.1) is 0 Å². The number of ether oxygens (including phenoxy) is 2. The quantitative estimate of drug-likeness (QED) is 0.584. The van der Waals surface area contributed by atoms with Gasteiger partial charge in [0.1, 0.15) is 11.3 Å². The average molecular weight is 351 g/mol. The summed E-state index contributed by atoms with van der Waals surface area (Å²) in [4.78, 5) is 23.9. The standard InChI is InChI=1S/C18H17N5O3/c1-3-26-14-6-7-20-17-16(14)23(18(24)22-17)10-4-5-13-11(8-10)12(19)9-15(21-13)25-2/h4-9H,3H2,1-2H3,(H2,19,21)(H,20,22,24). The molecule has 0 unspecified atom stereocenters. The predicted octanol–water partition coefficient (Wildman–Crippen LogP) is 2.25. The first kappa shape index (κ1) is 15.9. The minimum absolute atomic E-state index is 0.306. The van der Waals surface area contributed by atoms with Gasteiger partial charge in [-0.05, 0) is 25.1 Å². The number of pyridine rings is 2. The second-order valence-electron chi connectivity index (χ2n) is 5.66. The van der Waals surface area contributed by atoms with Crippen LogP contribution in [0.4, 0.5) is 5.69 Å². The topological polar surface area (TPSA) is 108 Å². The molecule has 0 bridgehead atoms. The molecule has 0 atom stereocenters. The number of benzene rings is 1. The van der Waals surface area contributed by atoms with Crippen LogP contribution in [0.15, 0.2) is 41.3 Å². The van der Waals surface area contributed by atoms with Gasteiger partial charge in [-0.15, -0.1) is 0 Å². The molecule has 8 heteroatoms. The van der Waals surface area contributed by atoms with Gasteiger partial charge in [-0.3, -0.25) is 9.55 Å². The van der Waals surface area contributed by atoms with Crippen LogP contribution in [0.2, 0.25) is 0 Å². The molecule has 3 heterocycles. The van der Waals surface area contributed by atoms with Crippen molar-refractivity contribution < 1.29 is 9.47 Å². The van der Waals surface area contributed by atoms with Crippen LogP contribution in [-0.4, -0.2) is 33.2 Å². The number of nitrogens with zero attached hydrogens (tertiary/aromatic N) is 3. The smallest absolute Gasteiger partial charge is 0.332 e. The summed E-state index contributed by atoms with van der Waals surface area (Å²) in [6, 6.07) is 8.79. The van der Waals surface area contributed by atoms with Gasteiger partial charge < -0.3 is 15.2 Å². The first-order valence-corrected chi connectivity index (χ1v) is 8.09. The zero-order valence-electron chi connectivity index (χ0n) is 14.3. The van der Waals surface area contributed by atoms with Gasteiger partial charge in [0.05, 0.1) is 24.9 Å². The van der Waals surface area contributed by atoms with Gasteiger partial charge in [0.25, 0.3) is 0 Å². The van der Waals surface area contributed by atoms with E-state index in [1.54, 1.807) is 30.5 Å². The molecular weight excluding hydrogens is 334 g/mol. The molecule has 4 rings (SSSR count). The Balaban J connectivity index is 1.99. The third kappa shape index (κ3) is 2.43. The Hall–Kier alpha value is -3.55. The van der Waals surface area contributed by atoms with Crippen molar-refractivity contribution in [2.24, 2.45) is 0 Å². The summed E-state index contributed by atoms with van der Waals surface area (Å²) in [5.74, 6) is 1.02. The maximum Gasteiger partial charge on any atom is 0.332 e. The summed E-state index contributed by atoms with van der Waals surface area (Å²) in [6.45, 7) is 2.37. The van der Waals surface area contributed by atoms with Gasteiger partial charge in [0.2, 0.25) is 5.88 Å². The molecule has 1 aromatic carbocycles. The van der Waals surface area contributed by atoms with Crippen molar-refractivity contribution in [2.75, 3.05) is 19.5 Å². The molecule has 0 amide bonds.